The van der Waals surface area contributed by atoms with Crippen LogP contribution in [0.2, 0.25) is 0 Å². The number of carboxylic acid groups (broad SMARTS) is 2. The molecule has 0 spiro atoms. The molecule has 0 unspecified atom stereocenters. The molecule has 0 aromatic heterocycles. The Labute approximate surface area is 182 Å². The number of aliphatic hydroxyl groups is 1. The highest BCUT2D eigenvalue weighted by atomic mass is 16.4. The molecule has 2 fully saturated rings. The van der Waals surface area contributed by atoms with Crippen LogP contribution in [0.15, 0.2) is 42.5 Å². The van der Waals surface area contributed by atoms with Crippen molar-refractivity contribution in [1.82, 2.24) is 9.80 Å². The molecule has 1 saturated carbocycles. The Morgan fingerprint density at radius 3 is 2.06 bits per heavy atom. The zero-order chi connectivity index (χ0) is 22.8. The molecule has 1 heterocycles. The lowest BCUT2D eigenvalue weighted by Crippen LogP contribution is -2.52. The van der Waals surface area contributed by atoms with Crippen LogP contribution < -0.4 is 0 Å². The Morgan fingerprint density at radius 1 is 1.00 bits per heavy atom. The van der Waals surface area contributed by atoms with Crippen LogP contribution in [0.3, 0.4) is 0 Å². The zero-order valence-corrected chi connectivity index (χ0v) is 17.9. The summed E-state index contributed by atoms with van der Waals surface area (Å²) in [7, 11) is 0. The number of likely N-dealkylation sites (N-methyl/N-ethyl adjacent to an activating group) is 1. The van der Waals surface area contributed by atoms with Gasteiger partial charge in [0.05, 0.1) is 12.1 Å². The Morgan fingerprint density at radius 2 is 1.58 bits per heavy atom. The lowest BCUT2D eigenvalue weighted by atomic mass is 9.92. The van der Waals surface area contributed by atoms with E-state index in [2.05, 4.69) is 11.8 Å². The van der Waals surface area contributed by atoms with Gasteiger partial charge >= 0.3 is 11.9 Å². The number of rotatable bonds is 6. The number of aliphatic carboxylic acids is 2. The average molecular weight is 433 g/mol. The summed E-state index contributed by atoms with van der Waals surface area (Å²) in [6.07, 6.45) is 6.43. The molecule has 2 aliphatic rings. The zero-order valence-electron chi connectivity index (χ0n) is 17.9. The van der Waals surface area contributed by atoms with Gasteiger partial charge in [-0.15, -0.1) is 0 Å². The molecule has 0 radical (unpaired) electrons. The normalized spacial score (nSPS) is 22.0. The molecular weight excluding hydrogens is 400 g/mol. The third kappa shape index (κ3) is 7.48. The topological polar surface area (TPSA) is 118 Å². The van der Waals surface area contributed by atoms with Crippen molar-refractivity contribution in [3.8, 4) is 0 Å². The van der Waals surface area contributed by atoms with Crippen molar-refractivity contribution in [3.63, 3.8) is 0 Å². The van der Waals surface area contributed by atoms with Crippen LogP contribution in [0, 0.1) is 0 Å². The van der Waals surface area contributed by atoms with E-state index in [9.17, 15) is 19.5 Å². The van der Waals surface area contributed by atoms with Crippen molar-refractivity contribution in [2.24, 2.45) is 0 Å². The van der Waals surface area contributed by atoms with Gasteiger partial charge in [0.2, 0.25) is 0 Å². The Hall–Kier alpha value is -2.71. The molecule has 1 aromatic rings. The summed E-state index contributed by atoms with van der Waals surface area (Å²) in [6, 6.07) is 9.73. The maximum absolute atomic E-state index is 13.2. The third-order valence-electron chi connectivity index (χ3n) is 5.73. The van der Waals surface area contributed by atoms with E-state index in [1.54, 1.807) is 0 Å². The fraction of sp³-hybridized carbons (Fsp3) is 0.522. The minimum Gasteiger partial charge on any atom is -0.478 e. The first-order valence-corrected chi connectivity index (χ1v) is 10.8. The standard InChI is InChI=1S/C19H28N2O2.C4H4O4/c1-2-20-13-17(18(22)14-20)21(16-11-7-4-8-12-16)19(23)15-9-5-3-6-10-15;5-3(6)1-2-4(7)8/h3,5-6,9-10,16-18,22H,2,4,7-8,11-14H2,1H3;1-2H,(H,5,6)(H,7,8)/t17-,18-;/m1./s1. The van der Waals surface area contributed by atoms with Crippen LogP contribution in [-0.4, -0.2) is 80.8 Å². The number of carbonyl (C=O) groups is 3. The van der Waals surface area contributed by atoms with E-state index in [0.717, 1.165) is 31.5 Å². The van der Waals surface area contributed by atoms with Gasteiger partial charge in [0.15, 0.2) is 0 Å². The van der Waals surface area contributed by atoms with E-state index in [4.69, 9.17) is 10.2 Å². The van der Waals surface area contributed by atoms with Crippen molar-refractivity contribution in [1.29, 1.82) is 0 Å². The van der Waals surface area contributed by atoms with Gasteiger partial charge < -0.3 is 20.2 Å². The molecule has 1 saturated heterocycles. The van der Waals surface area contributed by atoms with Crippen molar-refractivity contribution in [3.05, 3.63) is 48.0 Å². The molecule has 170 valence electrons. The molecular formula is C23H32N2O6. The number of aliphatic hydroxyl groups excluding tert-OH is 1. The van der Waals surface area contributed by atoms with E-state index in [1.807, 2.05) is 35.2 Å². The monoisotopic (exact) mass is 432 g/mol. The highest BCUT2D eigenvalue weighted by Gasteiger charge is 2.40. The number of amides is 1. The van der Waals surface area contributed by atoms with Gasteiger partial charge in [-0.2, -0.15) is 0 Å². The number of benzene rings is 1. The van der Waals surface area contributed by atoms with E-state index >= 15 is 0 Å². The van der Waals surface area contributed by atoms with Gasteiger partial charge in [0.25, 0.3) is 5.91 Å². The van der Waals surface area contributed by atoms with Gasteiger partial charge in [-0.3, -0.25) is 9.69 Å². The molecule has 1 aliphatic carbocycles. The number of hydrogen-bond donors (Lipinski definition) is 3. The minimum atomic E-state index is -1.26. The lowest BCUT2D eigenvalue weighted by Gasteiger charge is -2.39. The fourth-order valence-corrected chi connectivity index (χ4v) is 4.20. The second kappa shape index (κ2) is 12.2. The third-order valence-corrected chi connectivity index (χ3v) is 5.73. The predicted octanol–water partition coefficient (Wildman–Crippen LogP) is 2.24. The van der Waals surface area contributed by atoms with Crippen LogP contribution >= 0.6 is 0 Å². The van der Waals surface area contributed by atoms with Crippen molar-refractivity contribution < 1.29 is 29.7 Å². The maximum atomic E-state index is 13.2. The summed E-state index contributed by atoms with van der Waals surface area (Å²) in [5.41, 5.74) is 0.736. The summed E-state index contributed by atoms with van der Waals surface area (Å²) in [5.74, 6) is -2.43. The highest BCUT2D eigenvalue weighted by molar-refractivity contribution is 5.94. The van der Waals surface area contributed by atoms with Crippen molar-refractivity contribution >= 4 is 17.8 Å². The van der Waals surface area contributed by atoms with Crippen LogP contribution in [0.1, 0.15) is 49.4 Å². The molecule has 1 aromatic carbocycles. The minimum absolute atomic E-state index is 0.0780. The number of carboxylic acids is 2. The van der Waals surface area contributed by atoms with E-state index in [-0.39, 0.29) is 18.0 Å². The predicted molar refractivity (Wildman–Crippen MR) is 116 cm³/mol. The lowest BCUT2D eigenvalue weighted by molar-refractivity contribution is -0.134. The van der Waals surface area contributed by atoms with E-state index in [1.165, 1.54) is 19.3 Å². The first-order valence-electron chi connectivity index (χ1n) is 10.8. The van der Waals surface area contributed by atoms with Crippen LogP contribution in [-0.2, 0) is 9.59 Å². The van der Waals surface area contributed by atoms with Crippen LogP contribution in [0.5, 0.6) is 0 Å². The van der Waals surface area contributed by atoms with Gasteiger partial charge in [-0.1, -0.05) is 44.4 Å². The van der Waals surface area contributed by atoms with E-state index < -0.39 is 18.0 Å². The number of β-amino-alcohol motifs (C(OH)–C–C–N with tert-alkyl or cyclic N) is 1. The number of likely N-dealkylation sites (tertiary alicyclic amines) is 1. The Kier molecular flexibility index (Phi) is 9.68. The molecule has 3 rings (SSSR count). The summed E-state index contributed by atoms with van der Waals surface area (Å²) in [5, 5.41) is 26.2. The molecule has 2 atom stereocenters. The van der Waals surface area contributed by atoms with Gasteiger partial charge in [0, 0.05) is 36.8 Å². The number of carbonyl (C=O) groups excluding carboxylic acids is 1. The fourth-order valence-electron chi connectivity index (χ4n) is 4.20. The van der Waals surface area contributed by atoms with Gasteiger partial charge in [-0.25, -0.2) is 9.59 Å². The average Bonchev–Trinajstić information content (AvgIpc) is 3.14. The van der Waals surface area contributed by atoms with Gasteiger partial charge in [-0.05, 0) is 31.5 Å². The molecule has 1 aliphatic heterocycles. The largest absolute Gasteiger partial charge is 0.478 e. The van der Waals surface area contributed by atoms with Gasteiger partial charge in [0.1, 0.15) is 0 Å². The van der Waals surface area contributed by atoms with Crippen molar-refractivity contribution in [2.75, 3.05) is 19.6 Å². The maximum Gasteiger partial charge on any atom is 0.328 e. The highest BCUT2D eigenvalue weighted by Crippen LogP contribution is 2.29. The number of nitrogens with zero attached hydrogens (tertiary/aromatic N) is 2. The van der Waals surface area contributed by atoms with Crippen molar-refractivity contribution in [2.45, 2.75) is 57.2 Å². The Balaban J connectivity index is 0.000000366. The first kappa shape index (κ1) is 24.6. The Bertz CT molecular complexity index is 745. The quantitative estimate of drug-likeness (QED) is 0.590. The molecule has 0 bridgehead atoms. The van der Waals surface area contributed by atoms with Crippen LogP contribution in [0.25, 0.3) is 0 Å². The summed E-state index contributed by atoms with van der Waals surface area (Å²) in [4.78, 5) is 36.5. The summed E-state index contributed by atoms with van der Waals surface area (Å²) in [6.45, 7) is 4.49. The molecule has 8 heteroatoms. The second-order valence-electron chi connectivity index (χ2n) is 7.87. The van der Waals surface area contributed by atoms with E-state index in [0.29, 0.717) is 18.7 Å². The number of hydrogen-bond acceptors (Lipinski definition) is 5. The smallest absolute Gasteiger partial charge is 0.328 e. The summed E-state index contributed by atoms with van der Waals surface area (Å²) >= 11 is 0. The SMILES string of the molecule is CCN1C[C@@H](O)[C@H](N(C(=O)c2ccccc2)C2CCCCC2)C1.O=C(O)C=CC(=O)O. The molecule has 3 N–H and O–H groups in total. The second-order valence-corrected chi connectivity index (χ2v) is 7.87. The molecule has 8 nitrogen and oxygen atoms in total. The molecule has 31 heavy (non-hydrogen) atoms. The van der Waals surface area contributed by atoms with Crippen LogP contribution in [0.4, 0.5) is 0 Å². The first-order chi connectivity index (χ1) is 14.8. The molecule has 1 amide bonds. The summed E-state index contributed by atoms with van der Waals surface area (Å²) < 4.78 is 0.